The van der Waals surface area contributed by atoms with Crippen LogP contribution in [-0.4, -0.2) is 54.2 Å². The van der Waals surface area contributed by atoms with Crippen molar-refractivity contribution in [2.75, 3.05) is 32.0 Å². The normalized spacial score (nSPS) is 14.5. The van der Waals surface area contributed by atoms with Crippen LogP contribution in [0.1, 0.15) is 37.4 Å². The summed E-state index contributed by atoms with van der Waals surface area (Å²) in [4.78, 5) is 31.9. The average Bonchev–Trinajstić information content (AvgIpc) is 3.21. The first kappa shape index (κ1) is 20.8. The van der Waals surface area contributed by atoms with E-state index in [2.05, 4.69) is 0 Å². The molecule has 33 heavy (non-hydrogen) atoms. The molecule has 0 spiro atoms. The minimum Gasteiger partial charge on any atom is -0.398 e. The highest BCUT2D eigenvalue weighted by Crippen LogP contribution is 2.39. The average molecular weight is 441 g/mol. The lowest BCUT2D eigenvalue weighted by Gasteiger charge is -2.27. The molecule has 0 radical (unpaired) electrons. The first-order chi connectivity index (χ1) is 16.0. The smallest absolute Gasteiger partial charge is 0.254 e. The number of fused-ring (bicyclic) bond motifs is 3. The largest absolute Gasteiger partial charge is 0.398 e. The number of nitrogens with one attached hydrogen (secondary N) is 1. The van der Waals surface area contributed by atoms with Gasteiger partial charge in [-0.25, -0.2) is 4.98 Å². The maximum Gasteiger partial charge on any atom is 0.254 e. The predicted octanol–water partition coefficient (Wildman–Crippen LogP) is 2.47. The lowest BCUT2D eigenvalue weighted by molar-refractivity contribution is 0.0303. The van der Waals surface area contributed by atoms with E-state index in [0.29, 0.717) is 66.5 Å². The van der Waals surface area contributed by atoms with Crippen molar-refractivity contribution in [3.05, 3.63) is 70.3 Å². The highest BCUT2D eigenvalue weighted by Gasteiger charge is 2.28. The maximum absolute atomic E-state index is 12.9. The summed E-state index contributed by atoms with van der Waals surface area (Å²) in [5, 5.41) is 7.56. The number of hydrogen-bond donors (Lipinski definition) is 3. The highest BCUT2D eigenvalue weighted by atomic mass is 16.5. The number of anilines is 1. The van der Waals surface area contributed by atoms with Gasteiger partial charge in [0, 0.05) is 59.2 Å². The number of benzene rings is 2. The molecule has 3 aromatic rings. The van der Waals surface area contributed by atoms with E-state index in [1.165, 1.54) is 6.21 Å². The fourth-order valence-corrected chi connectivity index (χ4v) is 4.44. The van der Waals surface area contributed by atoms with Gasteiger partial charge in [0.15, 0.2) is 0 Å². The SMILES string of the molecule is N=Cc1cc(-c2cc(C(N)=O)c3c(n2)-c2ccc(C(=O)N4CCOCC4)cc2C3)ccc1N. The van der Waals surface area contributed by atoms with Gasteiger partial charge in [0.25, 0.3) is 5.91 Å². The minimum atomic E-state index is -0.532. The van der Waals surface area contributed by atoms with Crippen LogP contribution in [0.15, 0.2) is 42.5 Å². The molecule has 1 aliphatic heterocycles. The van der Waals surface area contributed by atoms with Crippen LogP contribution in [0, 0.1) is 5.41 Å². The Hall–Kier alpha value is -4.04. The summed E-state index contributed by atoms with van der Waals surface area (Å²) < 4.78 is 5.34. The summed E-state index contributed by atoms with van der Waals surface area (Å²) in [5.74, 6) is -0.558. The lowest BCUT2D eigenvalue weighted by atomic mass is 10.0. The van der Waals surface area contributed by atoms with Crippen molar-refractivity contribution >= 4 is 23.7 Å². The summed E-state index contributed by atoms with van der Waals surface area (Å²) in [6, 6.07) is 12.6. The molecular weight excluding hydrogens is 418 g/mol. The number of hydrogen-bond acceptors (Lipinski definition) is 6. The van der Waals surface area contributed by atoms with Crippen LogP contribution < -0.4 is 11.5 Å². The van der Waals surface area contributed by atoms with E-state index in [9.17, 15) is 9.59 Å². The minimum absolute atomic E-state index is 0.0260. The van der Waals surface area contributed by atoms with Gasteiger partial charge in [-0.15, -0.1) is 0 Å². The number of carbonyl (C=O) groups excluding carboxylic acids is 2. The van der Waals surface area contributed by atoms with E-state index in [1.807, 2.05) is 18.2 Å². The second-order valence-corrected chi connectivity index (χ2v) is 8.19. The molecule has 1 aliphatic carbocycles. The van der Waals surface area contributed by atoms with E-state index < -0.39 is 5.91 Å². The molecule has 8 heteroatoms. The van der Waals surface area contributed by atoms with E-state index in [0.717, 1.165) is 22.3 Å². The monoisotopic (exact) mass is 441 g/mol. The zero-order valence-electron chi connectivity index (χ0n) is 17.9. The molecule has 0 saturated carbocycles. The molecule has 5 rings (SSSR count). The summed E-state index contributed by atoms with van der Waals surface area (Å²) in [7, 11) is 0. The van der Waals surface area contributed by atoms with E-state index in [1.54, 1.807) is 29.2 Å². The van der Waals surface area contributed by atoms with Crippen molar-refractivity contribution in [3.63, 3.8) is 0 Å². The Labute approximate surface area is 190 Å². The Bertz CT molecular complexity index is 1310. The van der Waals surface area contributed by atoms with Crippen molar-refractivity contribution < 1.29 is 14.3 Å². The summed E-state index contributed by atoms with van der Waals surface area (Å²) >= 11 is 0. The molecule has 1 saturated heterocycles. The molecule has 0 atom stereocenters. The van der Waals surface area contributed by atoms with Gasteiger partial charge in [0.1, 0.15) is 0 Å². The number of primary amides is 1. The third kappa shape index (κ3) is 3.64. The Kier molecular flexibility index (Phi) is 5.14. The van der Waals surface area contributed by atoms with Crippen LogP contribution in [0.2, 0.25) is 0 Å². The van der Waals surface area contributed by atoms with Gasteiger partial charge in [0.05, 0.1) is 24.6 Å². The highest BCUT2D eigenvalue weighted by molar-refractivity contribution is 6.00. The predicted molar refractivity (Wildman–Crippen MR) is 125 cm³/mol. The van der Waals surface area contributed by atoms with Crippen molar-refractivity contribution in [2.45, 2.75) is 6.42 Å². The Morgan fingerprint density at radius 3 is 2.61 bits per heavy atom. The molecule has 1 aromatic heterocycles. The van der Waals surface area contributed by atoms with Gasteiger partial charge in [-0.05, 0) is 41.5 Å². The van der Waals surface area contributed by atoms with Crippen molar-refractivity contribution in [2.24, 2.45) is 5.73 Å². The van der Waals surface area contributed by atoms with Crippen LogP contribution >= 0.6 is 0 Å². The first-order valence-corrected chi connectivity index (χ1v) is 10.7. The number of nitrogens with two attached hydrogens (primary N) is 2. The van der Waals surface area contributed by atoms with Crippen molar-refractivity contribution in [1.82, 2.24) is 9.88 Å². The van der Waals surface area contributed by atoms with Crippen LogP contribution in [0.4, 0.5) is 5.69 Å². The molecule has 8 nitrogen and oxygen atoms in total. The molecule has 166 valence electrons. The number of carbonyl (C=O) groups is 2. The second kappa shape index (κ2) is 8.14. The lowest BCUT2D eigenvalue weighted by Crippen LogP contribution is -2.40. The third-order valence-electron chi connectivity index (χ3n) is 6.20. The van der Waals surface area contributed by atoms with Crippen molar-refractivity contribution in [1.29, 1.82) is 5.41 Å². The van der Waals surface area contributed by atoms with Crippen LogP contribution in [-0.2, 0) is 11.2 Å². The Morgan fingerprint density at radius 1 is 1.09 bits per heavy atom. The van der Waals surface area contributed by atoms with Gasteiger partial charge < -0.3 is 26.5 Å². The van der Waals surface area contributed by atoms with Gasteiger partial charge >= 0.3 is 0 Å². The molecule has 2 aromatic carbocycles. The fourth-order valence-electron chi connectivity index (χ4n) is 4.44. The molecule has 2 amide bonds. The standard InChI is InChI=1S/C25H23N5O3/c26-13-17-9-14(2-4-21(17)27)22-12-20(24(28)31)19-11-16-10-15(1-3-18(16)23(19)29-22)25(32)30-5-7-33-8-6-30/h1-4,9-10,12-13,26H,5-8,11,27H2,(H2,28,31). The van der Waals surface area contributed by atoms with Gasteiger partial charge in [-0.1, -0.05) is 12.1 Å². The molecule has 1 fully saturated rings. The molecule has 0 bridgehead atoms. The van der Waals surface area contributed by atoms with Crippen LogP contribution in [0.3, 0.4) is 0 Å². The zero-order chi connectivity index (χ0) is 23.1. The molecule has 2 heterocycles. The quantitative estimate of drug-likeness (QED) is 0.330. The van der Waals surface area contributed by atoms with E-state index in [4.69, 9.17) is 26.6 Å². The second-order valence-electron chi connectivity index (χ2n) is 8.19. The van der Waals surface area contributed by atoms with Gasteiger partial charge in [-0.3, -0.25) is 9.59 Å². The van der Waals surface area contributed by atoms with Crippen LogP contribution in [0.5, 0.6) is 0 Å². The van der Waals surface area contributed by atoms with E-state index >= 15 is 0 Å². The number of morpholine rings is 1. The number of nitrogens with zero attached hydrogens (tertiary/aromatic N) is 2. The summed E-state index contributed by atoms with van der Waals surface area (Å²) in [6.45, 7) is 2.24. The van der Waals surface area contributed by atoms with Gasteiger partial charge in [-0.2, -0.15) is 0 Å². The van der Waals surface area contributed by atoms with Crippen LogP contribution in [0.25, 0.3) is 22.5 Å². The zero-order valence-corrected chi connectivity index (χ0v) is 17.9. The fraction of sp³-hybridized carbons (Fsp3) is 0.200. The Morgan fingerprint density at radius 2 is 1.88 bits per heavy atom. The summed E-state index contributed by atoms with van der Waals surface area (Å²) in [5.41, 5.74) is 18.3. The number of aromatic nitrogens is 1. The first-order valence-electron chi connectivity index (χ1n) is 10.7. The number of pyridine rings is 1. The molecular formula is C25H23N5O3. The number of rotatable bonds is 4. The Balaban J connectivity index is 1.57. The topological polar surface area (TPSA) is 135 Å². The summed E-state index contributed by atoms with van der Waals surface area (Å²) in [6.07, 6.45) is 1.66. The third-order valence-corrected chi connectivity index (χ3v) is 6.20. The van der Waals surface area contributed by atoms with Crippen molar-refractivity contribution in [3.8, 4) is 22.5 Å². The van der Waals surface area contributed by atoms with E-state index in [-0.39, 0.29) is 5.91 Å². The molecule has 5 N–H and O–H groups in total. The number of nitrogen functional groups attached to an aromatic ring is 1. The maximum atomic E-state index is 12.9. The molecule has 2 aliphatic rings. The molecule has 0 unspecified atom stereocenters. The van der Waals surface area contributed by atoms with Gasteiger partial charge in [0.2, 0.25) is 5.91 Å². The number of ether oxygens (including phenoxy) is 1. The number of amides is 2.